The van der Waals surface area contributed by atoms with Gasteiger partial charge in [-0.15, -0.1) is 0 Å². The monoisotopic (exact) mass is 248 g/mol. The van der Waals surface area contributed by atoms with Crippen LogP contribution in [0.25, 0.3) is 0 Å². The highest BCUT2D eigenvalue weighted by Gasteiger charge is 2.23. The molecule has 2 nitrogen and oxygen atoms in total. The molecule has 1 aromatic rings. The second kappa shape index (κ2) is 7.55. The predicted molar refractivity (Wildman–Crippen MR) is 79.6 cm³/mol. The maximum absolute atomic E-state index is 5.95. The van der Waals surface area contributed by atoms with Gasteiger partial charge in [-0.2, -0.15) is 0 Å². The van der Waals surface area contributed by atoms with Gasteiger partial charge in [0.1, 0.15) is 0 Å². The summed E-state index contributed by atoms with van der Waals surface area (Å²) in [5.41, 5.74) is 7.33. The third-order valence-corrected chi connectivity index (χ3v) is 3.65. The molecule has 0 heterocycles. The second-order valence-electron chi connectivity index (χ2n) is 5.50. The lowest BCUT2D eigenvalue weighted by Gasteiger charge is -2.33. The van der Waals surface area contributed by atoms with Crippen molar-refractivity contribution >= 4 is 0 Å². The van der Waals surface area contributed by atoms with Crippen molar-refractivity contribution in [2.24, 2.45) is 5.73 Å². The van der Waals surface area contributed by atoms with Crippen molar-refractivity contribution in [2.45, 2.75) is 58.0 Å². The van der Waals surface area contributed by atoms with Crippen molar-refractivity contribution < 1.29 is 0 Å². The molecule has 0 fully saturated rings. The summed E-state index contributed by atoms with van der Waals surface area (Å²) in [6.07, 6.45) is 4.94. The van der Waals surface area contributed by atoms with Crippen LogP contribution in [0.4, 0.5) is 0 Å². The summed E-state index contributed by atoms with van der Waals surface area (Å²) >= 11 is 0. The smallest absolute Gasteiger partial charge is 0.0297 e. The van der Waals surface area contributed by atoms with Crippen molar-refractivity contribution in [1.29, 1.82) is 0 Å². The molecule has 2 atom stereocenters. The lowest BCUT2D eigenvalue weighted by Crippen LogP contribution is -2.49. The van der Waals surface area contributed by atoms with Crippen LogP contribution in [0.2, 0.25) is 0 Å². The molecule has 3 N–H and O–H groups in total. The average molecular weight is 248 g/mol. The van der Waals surface area contributed by atoms with E-state index in [1.807, 2.05) is 0 Å². The van der Waals surface area contributed by atoms with Gasteiger partial charge < -0.3 is 11.1 Å². The maximum Gasteiger partial charge on any atom is 0.0297 e. The summed E-state index contributed by atoms with van der Waals surface area (Å²) in [6.45, 7) is 7.37. The van der Waals surface area contributed by atoms with Crippen LogP contribution in [0.3, 0.4) is 0 Å². The Balaban J connectivity index is 2.56. The van der Waals surface area contributed by atoms with Gasteiger partial charge in [0.25, 0.3) is 0 Å². The van der Waals surface area contributed by atoms with Crippen molar-refractivity contribution in [3.05, 3.63) is 35.9 Å². The summed E-state index contributed by atoms with van der Waals surface area (Å²) in [5.74, 6) is 0. The molecule has 0 spiro atoms. The Morgan fingerprint density at radius 2 is 1.89 bits per heavy atom. The SMILES string of the molecule is CCCCCC(C)(CN)NC(C)c1ccccc1. The van der Waals surface area contributed by atoms with Gasteiger partial charge in [-0.05, 0) is 25.8 Å². The first-order chi connectivity index (χ1) is 8.61. The van der Waals surface area contributed by atoms with Crippen molar-refractivity contribution in [3.63, 3.8) is 0 Å². The fourth-order valence-corrected chi connectivity index (χ4v) is 2.35. The van der Waals surface area contributed by atoms with Gasteiger partial charge in [0.05, 0.1) is 0 Å². The predicted octanol–water partition coefficient (Wildman–Crippen LogP) is 3.63. The fraction of sp³-hybridized carbons (Fsp3) is 0.625. The summed E-state index contributed by atoms with van der Waals surface area (Å²) in [7, 11) is 0. The molecular weight excluding hydrogens is 220 g/mol. The zero-order valence-corrected chi connectivity index (χ0v) is 12.1. The summed E-state index contributed by atoms with van der Waals surface area (Å²) < 4.78 is 0. The molecule has 2 unspecified atom stereocenters. The molecule has 0 amide bonds. The minimum absolute atomic E-state index is 0.0461. The molecule has 2 heteroatoms. The van der Waals surface area contributed by atoms with Crippen molar-refractivity contribution in [3.8, 4) is 0 Å². The first-order valence-electron chi connectivity index (χ1n) is 7.14. The van der Waals surface area contributed by atoms with E-state index < -0.39 is 0 Å². The Labute approximate surface area is 112 Å². The molecule has 1 aromatic carbocycles. The number of hydrogen-bond acceptors (Lipinski definition) is 2. The minimum Gasteiger partial charge on any atom is -0.329 e. The highest BCUT2D eigenvalue weighted by Crippen LogP contribution is 2.20. The highest BCUT2D eigenvalue weighted by atomic mass is 15.0. The van der Waals surface area contributed by atoms with Crippen LogP contribution in [-0.2, 0) is 0 Å². The zero-order chi connectivity index (χ0) is 13.4. The van der Waals surface area contributed by atoms with Crippen LogP contribution in [0.15, 0.2) is 30.3 Å². The summed E-state index contributed by atoms with van der Waals surface area (Å²) in [6, 6.07) is 10.9. The van der Waals surface area contributed by atoms with Crippen LogP contribution in [0.1, 0.15) is 58.1 Å². The normalized spacial score (nSPS) is 16.2. The lowest BCUT2D eigenvalue weighted by atomic mass is 9.92. The third kappa shape index (κ3) is 4.79. The first kappa shape index (κ1) is 15.2. The molecule has 0 aromatic heterocycles. The molecule has 18 heavy (non-hydrogen) atoms. The van der Waals surface area contributed by atoms with E-state index in [9.17, 15) is 0 Å². The van der Waals surface area contributed by atoms with Gasteiger partial charge in [-0.3, -0.25) is 0 Å². The average Bonchev–Trinajstić information content (AvgIpc) is 2.40. The number of rotatable bonds is 8. The second-order valence-corrected chi connectivity index (χ2v) is 5.50. The fourth-order valence-electron chi connectivity index (χ4n) is 2.35. The van der Waals surface area contributed by atoms with Crippen LogP contribution in [0.5, 0.6) is 0 Å². The van der Waals surface area contributed by atoms with E-state index in [0.29, 0.717) is 12.6 Å². The van der Waals surface area contributed by atoms with Crippen LogP contribution in [0, 0.1) is 0 Å². The molecule has 0 aliphatic heterocycles. The zero-order valence-electron chi connectivity index (χ0n) is 12.1. The largest absolute Gasteiger partial charge is 0.329 e. The number of nitrogens with two attached hydrogens (primary N) is 1. The Morgan fingerprint density at radius 1 is 1.22 bits per heavy atom. The third-order valence-electron chi connectivity index (χ3n) is 3.65. The number of benzene rings is 1. The molecular formula is C16H28N2. The summed E-state index contributed by atoms with van der Waals surface area (Å²) in [4.78, 5) is 0. The summed E-state index contributed by atoms with van der Waals surface area (Å²) in [5, 5.41) is 3.69. The van der Waals surface area contributed by atoms with E-state index in [2.05, 4.69) is 56.4 Å². The molecule has 0 radical (unpaired) electrons. The van der Waals surface area contributed by atoms with Crippen LogP contribution < -0.4 is 11.1 Å². The van der Waals surface area contributed by atoms with E-state index in [1.165, 1.54) is 24.8 Å². The van der Waals surface area contributed by atoms with Gasteiger partial charge in [0.2, 0.25) is 0 Å². The molecule has 0 saturated carbocycles. The Hall–Kier alpha value is -0.860. The maximum atomic E-state index is 5.95. The highest BCUT2D eigenvalue weighted by molar-refractivity contribution is 5.18. The van der Waals surface area contributed by atoms with Gasteiger partial charge >= 0.3 is 0 Å². The molecule has 102 valence electrons. The number of nitrogens with one attached hydrogen (secondary N) is 1. The number of hydrogen-bond donors (Lipinski definition) is 2. The van der Waals surface area contributed by atoms with Crippen LogP contribution >= 0.6 is 0 Å². The van der Waals surface area contributed by atoms with E-state index in [-0.39, 0.29) is 5.54 Å². The van der Waals surface area contributed by atoms with Crippen LogP contribution in [-0.4, -0.2) is 12.1 Å². The van der Waals surface area contributed by atoms with E-state index >= 15 is 0 Å². The quantitative estimate of drug-likeness (QED) is 0.689. The molecule has 1 rings (SSSR count). The lowest BCUT2D eigenvalue weighted by molar-refractivity contribution is 0.297. The topological polar surface area (TPSA) is 38.0 Å². The molecule has 0 bridgehead atoms. The minimum atomic E-state index is 0.0461. The Morgan fingerprint density at radius 3 is 2.44 bits per heavy atom. The van der Waals surface area contributed by atoms with Gasteiger partial charge in [0, 0.05) is 18.1 Å². The van der Waals surface area contributed by atoms with E-state index in [4.69, 9.17) is 5.73 Å². The van der Waals surface area contributed by atoms with Crippen molar-refractivity contribution in [2.75, 3.05) is 6.54 Å². The van der Waals surface area contributed by atoms with Crippen molar-refractivity contribution in [1.82, 2.24) is 5.32 Å². The van der Waals surface area contributed by atoms with E-state index in [1.54, 1.807) is 0 Å². The van der Waals surface area contributed by atoms with E-state index in [0.717, 1.165) is 6.42 Å². The molecule has 0 saturated heterocycles. The Bertz CT molecular complexity index is 323. The molecule has 0 aliphatic rings. The van der Waals surface area contributed by atoms with Gasteiger partial charge in [-0.25, -0.2) is 0 Å². The standard InChI is InChI=1S/C16H28N2/c1-4-5-9-12-16(3,13-17)18-14(2)15-10-7-6-8-11-15/h6-8,10-11,14,18H,4-5,9,12-13,17H2,1-3H3. The van der Waals surface area contributed by atoms with Gasteiger partial charge in [-0.1, -0.05) is 56.5 Å². The Kier molecular flexibility index (Phi) is 6.37. The molecule has 0 aliphatic carbocycles. The first-order valence-corrected chi connectivity index (χ1v) is 7.14. The number of unbranched alkanes of at least 4 members (excludes halogenated alkanes) is 2. The van der Waals surface area contributed by atoms with Gasteiger partial charge in [0.15, 0.2) is 0 Å².